The van der Waals surface area contributed by atoms with Crippen LogP contribution in [0.25, 0.3) is 0 Å². The van der Waals surface area contributed by atoms with Crippen LogP contribution in [0.2, 0.25) is 0 Å². The van der Waals surface area contributed by atoms with Gasteiger partial charge in [0.1, 0.15) is 5.82 Å². The second-order valence-corrected chi connectivity index (χ2v) is 4.71. The van der Waals surface area contributed by atoms with Crippen molar-refractivity contribution >= 4 is 17.5 Å². The number of hydrogen-bond donors (Lipinski definition) is 2. The van der Waals surface area contributed by atoms with Crippen molar-refractivity contribution < 1.29 is 14.0 Å². The second kappa shape index (κ2) is 5.26. The zero-order valence-electron chi connectivity index (χ0n) is 10.4. The van der Waals surface area contributed by atoms with Gasteiger partial charge in [-0.05, 0) is 31.0 Å². The Balaban J connectivity index is 2.05. The summed E-state index contributed by atoms with van der Waals surface area (Å²) in [5, 5.41) is 0. The number of carbonyl (C=O) groups is 2. The summed E-state index contributed by atoms with van der Waals surface area (Å²) in [4.78, 5) is 24.8. The second-order valence-electron chi connectivity index (χ2n) is 4.71. The molecule has 0 bridgehead atoms. The van der Waals surface area contributed by atoms with Crippen LogP contribution in [0, 0.1) is 11.7 Å². The summed E-state index contributed by atoms with van der Waals surface area (Å²) < 4.78 is 13.0. The molecule has 1 fully saturated rings. The van der Waals surface area contributed by atoms with E-state index in [4.69, 9.17) is 11.5 Å². The van der Waals surface area contributed by atoms with Gasteiger partial charge in [0.2, 0.25) is 5.91 Å². The van der Waals surface area contributed by atoms with Crippen LogP contribution in [0.15, 0.2) is 18.2 Å². The lowest BCUT2D eigenvalue weighted by Crippen LogP contribution is -2.41. The maximum atomic E-state index is 13.0. The van der Waals surface area contributed by atoms with Crippen molar-refractivity contribution in [3.05, 3.63) is 29.6 Å². The molecule has 0 aromatic heterocycles. The number of anilines is 1. The van der Waals surface area contributed by atoms with Gasteiger partial charge in [0.25, 0.3) is 5.91 Å². The number of nitrogens with zero attached hydrogens (tertiary/aromatic N) is 1. The van der Waals surface area contributed by atoms with Crippen molar-refractivity contribution in [2.24, 2.45) is 11.7 Å². The minimum Gasteiger partial charge on any atom is -0.396 e. The van der Waals surface area contributed by atoms with Gasteiger partial charge in [0.15, 0.2) is 0 Å². The summed E-state index contributed by atoms with van der Waals surface area (Å²) >= 11 is 0. The highest BCUT2D eigenvalue weighted by Gasteiger charge is 2.26. The quantitative estimate of drug-likeness (QED) is 0.773. The largest absolute Gasteiger partial charge is 0.396 e. The van der Waals surface area contributed by atoms with Crippen LogP contribution in [-0.4, -0.2) is 29.8 Å². The highest BCUT2D eigenvalue weighted by atomic mass is 19.1. The number of piperidine rings is 1. The molecular weight excluding hydrogens is 249 g/mol. The molecule has 0 spiro atoms. The molecule has 1 aromatic rings. The van der Waals surface area contributed by atoms with Gasteiger partial charge in [0, 0.05) is 24.6 Å². The molecule has 2 rings (SSSR count). The molecule has 0 aliphatic carbocycles. The summed E-state index contributed by atoms with van der Waals surface area (Å²) in [5.74, 6) is -1.22. The highest BCUT2D eigenvalue weighted by Crippen LogP contribution is 2.20. The van der Waals surface area contributed by atoms with E-state index >= 15 is 0 Å². The zero-order valence-corrected chi connectivity index (χ0v) is 10.4. The van der Waals surface area contributed by atoms with Crippen LogP contribution in [0.5, 0.6) is 0 Å². The Morgan fingerprint density at radius 2 is 1.89 bits per heavy atom. The third-order valence-electron chi connectivity index (χ3n) is 3.43. The summed E-state index contributed by atoms with van der Waals surface area (Å²) in [7, 11) is 0. The molecule has 0 atom stereocenters. The number of amides is 2. The first kappa shape index (κ1) is 13.3. The Morgan fingerprint density at radius 1 is 1.26 bits per heavy atom. The maximum Gasteiger partial charge on any atom is 0.253 e. The minimum atomic E-state index is -0.538. The van der Waals surface area contributed by atoms with Gasteiger partial charge < -0.3 is 16.4 Å². The van der Waals surface area contributed by atoms with Crippen LogP contribution in [0.4, 0.5) is 10.1 Å². The van der Waals surface area contributed by atoms with E-state index in [0.717, 1.165) is 0 Å². The van der Waals surface area contributed by atoms with E-state index in [9.17, 15) is 14.0 Å². The number of nitrogen functional groups attached to an aromatic ring is 1. The van der Waals surface area contributed by atoms with Crippen LogP contribution in [0.3, 0.4) is 0 Å². The monoisotopic (exact) mass is 265 g/mol. The fraction of sp³-hybridized carbons (Fsp3) is 0.385. The Kier molecular flexibility index (Phi) is 3.69. The first-order chi connectivity index (χ1) is 8.99. The van der Waals surface area contributed by atoms with Crippen molar-refractivity contribution in [2.45, 2.75) is 12.8 Å². The fourth-order valence-corrected chi connectivity index (χ4v) is 2.23. The summed E-state index contributed by atoms with van der Waals surface area (Å²) in [6, 6.07) is 3.92. The van der Waals surface area contributed by atoms with E-state index < -0.39 is 5.82 Å². The predicted molar refractivity (Wildman–Crippen MR) is 68.6 cm³/mol. The third kappa shape index (κ3) is 2.83. The fourth-order valence-electron chi connectivity index (χ4n) is 2.23. The molecule has 1 aromatic carbocycles. The van der Waals surface area contributed by atoms with E-state index in [2.05, 4.69) is 0 Å². The van der Waals surface area contributed by atoms with Gasteiger partial charge in [-0.25, -0.2) is 4.39 Å². The number of benzene rings is 1. The molecule has 6 heteroatoms. The van der Waals surface area contributed by atoms with E-state index in [1.54, 1.807) is 4.90 Å². The maximum absolute atomic E-state index is 13.0. The van der Waals surface area contributed by atoms with Crippen molar-refractivity contribution in [1.82, 2.24) is 4.90 Å². The average Bonchev–Trinajstić information content (AvgIpc) is 2.41. The van der Waals surface area contributed by atoms with Gasteiger partial charge in [-0.3, -0.25) is 9.59 Å². The minimum absolute atomic E-state index is 0.0436. The SMILES string of the molecule is NC(=O)C1CCN(C(=O)c2ccc(F)c(N)c2)CC1. The Bertz CT molecular complexity index is 511. The molecule has 4 N–H and O–H groups in total. The molecule has 0 unspecified atom stereocenters. The molecular formula is C13H16FN3O2. The van der Waals surface area contributed by atoms with Crippen molar-refractivity contribution in [3.63, 3.8) is 0 Å². The van der Waals surface area contributed by atoms with Gasteiger partial charge in [-0.2, -0.15) is 0 Å². The number of nitrogens with two attached hydrogens (primary N) is 2. The van der Waals surface area contributed by atoms with Crippen molar-refractivity contribution in [3.8, 4) is 0 Å². The lowest BCUT2D eigenvalue weighted by molar-refractivity contribution is -0.123. The molecule has 1 saturated heterocycles. The van der Waals surface area contributed by atoms with Crippen LogP contribution >= 0.6 is 0 Å². The van der Waals surface area contributed by atoms with Crippen LogP contribution in [-0.2, 0) is 4.79 Å². The summed E-state index contributed by atoms with van der Waals surface area (Å²) in [6.07, 6.45) is 1.13. The number of primary amides is 1. The molecule has 5 nitrogen and oxygen atoms in total. The van der Waals surface area contributed by atoms with Gasteiger partial charge in [-0.1, -0.05) is 0 Å². The van der Waals surface area contributed by atoms with Gasteiger partial charge >= 0.3 is 0 Å². The average molecular weight is 265 g/mol. The Hall–Kier alpha value is -2.11. The van der Waals surface area contributed by atoms with E-state index in [-0.39, 0.29) is 23.4 Å². The standard InChI is InChI=1S/C13H16FN3O2/c14-10-2-1-9(7-11(10)15)13(19)17-5-3-8(4-6-17)12(16)18/h1-2,7-8H,3-6,15H2,(H2,16,18). The Morgan fingerprint density at radius 3 is 2.42 bits per heavy atom. The molecule has 0 radical (unpaired) electrons. The molecule has 1 heterocycles. The molecule has 1 aliphatic heterocycles. The number of rotatable bonds is 2. The van der Waals surface area contributed by atoms with Crippen molar-refractivity contribution in [1.29, 1.82) is 0 Å². The lowest BCUT2D eigenvalue weighted by atomic mass is 9.96. The van der Waals surface area contributed by atoms with E-state index in [0.29, 0.717) is 31.5 Å². The predicted octanol–water partition coefficient (Wildman–Crippen LogP) is 0.745. The van der Waals surface area contributed by atoms with Gasteiger partial charge in [-0.15, -0.1) is 0 Å². The number of halogens is 1. The smallest absolute Gasteiger partial charge is 0.253 e. The topological polar surface area (TPSA) is 89.4 Å². The van der Waals surface area contributed by atoms with E-state index in [1.165, 1.54) is 18.2 Å². The normalized spacial score (nSPS) is 16.4. The molecule has 2 amide bonds. The summed E-state index contributed by atoms with van der Waals surface area (Å²) in [6.45, 7) is 0.952. The first-order valence-electron chi connectivity index (χ1n) is 6.12. The number of likely N-dealkylation sites (tertiary alicyclic amines) is 1. The first-order valence-corrected chi connectivity index (χ1v) is 6.12. The van der Waals surface area contributed by atoms with Crippen LogP contribution < -0.4 is 11.5 Å². The van der Waals surface area contributed by atoms with Crippen LogP contribution in [0.1, 0.15) is 23.2 Å². The molecule has 102 valence electrons. The molecule has 19 heavy (non-hydrogen) atoms. The highest BCUT2D eigenvalue weighted by molar-refractivity contribution is 5.95. The third-order valence-corrected chi connectivity index (χ3v) is 3.43. The van der Waals surface area contributed by atoms with E-state index in [1.807, 2.05) is 0 Å². The Labute approximate surface area is 110 Å². The zero-order chi connectivity index (χ0) is 14.0. The summed E-state index contributed by atoms with van der Waals surface area (Å²) in [5.41, 5.74) is 11.0. The number of hydrogen-bond acceptors (Lipinski definition) is 3. The molecule has 0 saturated carbocycles. The lowest BCUT2D eigenvalue weighted by Gasteiger charge is -2.30. The molecule has 1 aliphatic rings. The number of carbonyl (C=O) groups excluding carboxylic acids is 2. The van der Waals surface area contributed by atoms with Crippen molar-refractivity contribution in [2.75, 3.05) is 18.8 Å². The van der Waals surface area contributed by atoms with Gasteiger partial charge in [0.05, 0.1) is 5.69 Å².